The SMILES string of the molecule is CCCOc1ccc(C=C2C(=O)N(c3ccc(C(=O)O)cc3)N=C2C)cc1OCC. The highest BCUT2D eigenvalue weighted by molar-refractivity contribution is 6.32. The van der Waals surface area contributed by atoms with Gasteiger partial charge in [-0.05, 0) is 68.3 Å². The number of ether oxygens (including phenoxy) is 2. The number of hydrogen-bond acceptors (Lipinski definition) is 5. The summed E-state index contributed by atoms with van der Waals surface area (Å²) >= 11 is 0. The molecule has 1 aliphatic heterocycles. The summed E-state index contributed by atoms with van der Waals surface area (Å²) in [5.41, 5.74) is 2.48. The molecule has 0 saturated carbocycles. The van der Waals surface area contributed by atoms with E-state index in [9.17, 15) is 9.59 Å². The van der Waals surface area contributed by atoms with E-state index in [1.165, 1.54) is 17.1 Å². The fourth-order valence-electron chi connectivity index (χ4n) is 2.99. The van der Waals surface area contributed by atoms with E-state index in [0.29, 0.717) is 41.7 Å². The zero-order valence-corrected chi connectivity index (χ0v) is 17.2. The number of rotatable bonds is 8. The van der Waals surface area contributed by atoms with E-state index in [2.05, 4.69) is 5.10 Å². The Morgan fingerprint density at radius 1 is 1.10 bits per heavy atom. The van der Waals surface area contributed by atoms with Crippen molar-refractivity contribution >= 4 is 29.4 Å². The maximum absolute atomic E-state index is 12.9. The Kier molecular flexibility index (Phi) is 6.51. The van der Waals surface area contributed by atoms with Crippen molar-refractivity contribution in [3.63, 3.8) is 0 Å². The first-order chi connectivity index (χ1) is 14.4. The van der Waals surface area contributed by atoms with Gasteiger partial charge in [-0.3, -0.25) is 4.79 Å². The topological polar surface area (TPSA) is 88.4 Å². The van der Waals surface area contributed by atoms with Crippen LogP contribution in [-0.2, 0) is 4.79 Å². The summed E-state index contributed by atoms with van der Waals surface area (Å²) in [4.78, 5) is 24.0. The molecule has 1 aliphatic rings. The number of hydrazone groups is 1. The third-order valence-electron chi connectivity index (χ3n) is 4.46. The van der Waals surface area contributed by atoms with E-state index >= 15 is 0 Å². The molecule has 1 amide bonds. The Bertz CT molecular complexity index is 1010. The molecule has 0 aliphatic carbocycles. The lowest BCUT2D eigenvalue weighted by molar-refractivity contribution is -0.114. The number of carboxylic acid groups (broad SMARTS) is 1. The first kappa shape index (κ1) is 21.1. The molecule has 7 heteroatoms. The summed E-state index contributed by atoms with van der Waals surface area (Å²) in [6.45, 7) is 6.80. The van der Waals surface area contributed by atoms with Gasteiger partial charge in [0.05, 0.1) is 35.7 Å². The van der Waals surface area contributed by atoms with Crippen LogP contribution in [-0.4, -0.2) is 35.9 Å². The van der Waals surface area contributed by atoms with Crippen molar-refractivity contribution in [1.82, 2.24) is 0 Å². The molecule has 0 fully saturated rings. The summed E-state index contributed by atoms with van der Waals surface area (Å²) in [5, 5.41) is 14.6. The molecule has 7 nitrogen and oxygen atoms in total. The average molecular weight is 408 g/mol. The molecule has 0 aromatic heterocycles. The van der Waals surface area contributed by atoms with E-state index in [-0.39, 0.29) is 11.5 Å². The van der Waals surface area contributed by atoms with Gasteiger partial charge in [-0.25, -0.2) is 4.79 Å². The molecule has 2 aromatic carbocycles. The fraction of sp³-hybridized carbons (Fsp3) is 0.261. The number of hydrogen-bond donors (Lipinski definition) is 1. The van der Waals surface area contributed by atoms with Crippen LogP contribution in [0.5, 0.6) is 11.5 Å². The van der Waals surface area contributed by atoms with Crippen molar-refractivity contribution in [2.45, 2.75) is 27.2 Å². The molecule has 30 heavy (non-hydrogen) atoms. The standard InChI is InChI=1S/C23H24N2O5/c1-4-12-30-20-11-6-16(14-21(20)29-5-2)13-19-15(3)24-25(22(19)26)18-9-7-17(8-10-18)23(27)28/h6-11,13-14H,4-5,12H2,1-3H3,(H,27,28). The minimum atomic E-state index is -1.02. The van der Waals surface area contributed by atoms with Crippen LogP contribution in [0.3, 0.4) is 0 Å². The second kappa shape index (κ2) is 9.26. The molecular formula is C23H24N2O5. The van der Waals surface area contributed by atoms with Crippen LogP contribution in [0, 0.1) is 0 Å². The van der Waals surface area contributed by atoms with Crippen molar-refractivity contribution in [3.05, 3.63) is 59.2 Å². The van der Waals surface area contributed by atoms with E-state index in [1.807, 2.05) is 32.0 Å². The molecule has 0 saturated heterocycles. The van der Waals surface area contributed by atoms with Crippen molar-refractivity contribution in [3.8, 4) is 11.5 Å². The third-order valence-corrected chi connectivity index (χ3v) is 4.46. The molecule has 1 heterocycles. The van der Waals surface area contributed by atoms with E-state index < -0.39 is 5.97 Å². The van der Waals surface area contributed by atoms with E-state index in [0.717, 1.165) is 12.0 Å². The number of aromatic carboxylic acids is 1. The van der Waals surface area contributed by atoms with E-state index in [4.69, 9.17) is 14.6 Å². The number of nitrogens with zero attached hydrogens (tertiary/aromatic N) is 2. The second-order valence-electron chi connectivity index (χ2n) is 6.70. The molecule has 2 aromatic rings. The van der Waals surface area contributed by atoms with Crippen LogP contribution in [0.4, 0.5) is 5.69 Å². The van der Waals surface area contributed by atoms with Gasteiger partial charge in [0.15, 0.2) is 11.5 Å². The van der Waals surface area contributed by atoms with Crippen molar-refractivity contribution < 1.29 is 24.2 Å². The average Bonchev–Trinajstić information content (AvgIpc) is 3.02. The minimum Gasteiger partial charge on any atom is -0.490 e. The predicted octanol–water partition coefficient (Wildman–Crippen LogP) is 4.38. The lowest BCUT2D eigenvalue weighted by Crippen LogP contribution is -2.21. The van der Waals surface area contributed by atoms with Crippen LogP contribution >= 0.6 is 0 Å². The van der Waals surface area contributed by atoms with Gasteiger partial charge in [0.1, 0.15) is 0 Å². The first-order valence-electron chi connectivity index (χ1n) is 9.79. The van der Waals surface area contributed by atoms with Crippen LogP contribution in [0.15, 0.2) is 53.1 Å². The summed E-state index contributed by atoms with van der Waals surface area (Å²) < 4.78 is 11.4. The molecule has 0 atom stereocenters. The van der Waals surface area contributed by atoms with Gasteiger partial charge in [-0.15, -0.1) is 0 Å². The zero-order chi connectivity index (χ0) is 21.7. The Balaban J connectivity index is 1.87. The molecule has 3 rings (SSSR count). The fourth-order valence-corrected chi connectivity index (χ4v) is 2.99. The van der Waals surface area contributed by atoms with E-state index in [1.54, 1.807) is 25.1 Å². The summed E-state index contributed by atoms with van der Waals surface area (Å²) in [7, 11) is 0. The van der Waals surface area contributed by atoms with Crippen LogP contribution in [0.1, 0.15) is 43.1 Å². The van der Waals surface area contributed by atoms with Crippen LogP contribution in [0.25, 0.3) is 6.08 Å². The predicted molar refractivity (Wildman–Crippen MR) is 115 cm³/mol. The normalized spacial score (nSPS) is 14.8. The Labute approximate surface area is 175 Å². The molecule has 0 radical (unpaired) electrons. The monoisotopic (exact) mass is 408 g/mol. The third kappa shape index (κ3) is 4.51. The van der Waals surface area contributed by atoms with Crippen molar-refractivity contribution in [2.75, 3.05) is 18.2 Å². The minimum absolute atomic E-state index is 0.149. The molecule has 0 spiro atoms. The molecular weight excluding hydrogens is 384 g/mol. The first-order valence-corrected chi connectivity index (χ1v) is 9.79. The summed E-state index contributed by atoms with van der Waals surface area (Å²) in [5.74, 6) is -0.00328. The van der Waals surface area contributed by atoms with Gasteiger partial charge in [-0.1, -0.05) is 13.0 Å². The number of benzene rings is 2. The number of carboxylic acids is 1. The maximum atomic E-state index is 12.9. The lowest BCUT2D eigenvalue weighted by Gasteiger charge is -2.13. The second-order valence-corrected chi connectivity index (χ2v) is 6.70. The lowest BCUT2D eigenvalue weighted by atomic mass is 10.1. The molecule has 0 unspecified atom stereocenters. The van der Waals surface area contributed by atoms with Gasteiger partial charge in [0, 0.05) is 0 Å². The maximum Gasteiger partial charge on any atom is 0.335 e. The van der Waals surface area contributed by atoms with Crippen LogP contribution < -0.4 is 14.5 Å². The molecule has 0 bridgehead atoms. The largest absolute Gasteiger partial charge is 0.490 e. The zero-order valence-electron chi connectivity index (χ0n) is 17.2. The number of carbonyl (C=O) groups excluding carboxylic acids is 1. The van der Waals surface area contributed by atoms with Gasteiger partial charge >= 0.3 is 5.97 Å². The highest BCUT2D eigenvalue weighted by Gasteiger charge is 2.28. The number of amides is 1. The number of anilines is 1. The highest BCUT2D eigenvalue weighted by atomic mass is 16.5. The van der Waals surface area contributed by atoms with Gasteiger partial charge in [0.25, 0.3) is 5.91 Å². The Hall–Kier alpha value is -3.61. The molecule has 156 valence electrons. The van der Waals surface area contributed by atoms with Crippen molar-refractivity contribution in [2.24, 2.45) is 5.10 Å². The summed E-state index contributed by atoms with van der Waals surface area (Å²) in [6.07, 6.45) is 2.66. The number of carbonyl (C=O) groups is 2. The Morgan fingerprint density at radius 3 is 2.47 bits per heavy atom. The highest BCUT2D eigenvalue weighted by Crippen LogP contribution is 2.31. The quantitative estimate of drug-likeness (QED) is 0.655. The molecule has 1 N–H and O–H groups in total. The smallest absolute Gasteiger partial charge is 0.335 e. The van der Waals surface area contributed by atoms with Gasteiger partial charge < -0.3 is 14.6 Å². The van der Waals surface area contributed by atoms with Gasteiger partial charge in [-0.2, -0.15) is 10.1 Å². The summed E-state index contributed by atoms with van der Waals surface area (Å²) in [6, 6.07) is 11.6. The van der Waals surface area contributed by atoms with Gasteiger partial charge in [0.2, 0.25) is 0 Å². The Morgan fingerprint density at radius 2 is 1.83 bits per heavy atom. The van der Waals surface area contributed by atoms with Crippen LogP contribution in [0.2, 0.25) is 0 Å². The van der Waals surface area contributed by atoms with Crippen molar-refractivity contribution in [1.29, 1.82) is 0 Å².